The summed E-state index contributed by atoms with van der Waals surface area (Å²) in [5.74, 6) is -1.16. The summed E-state index contributed by atoms with van der Waals surface area (Å²) in [6, 6.07) is 1.45. The molecule has 1 aliphatic rings. The minimum atomic E-state index is -0.599. The van der Waals surface area contributed by atoms with Crippen LogP contribution in [0.2, 0.25) is 0 Å². The van der Waals surface area contributed by atoms with Crippen LogP contribution in [0.3, 0.4) is 0 Å². The van der Waals surface area contributed by atoms with Crippen molar-refractivity contribution in [3.05, 3.63) is 23.8 Å². The van der Waals surface area contributed by atoms with E-state index in [-0.39, 0.29) is 30.2 Å². The molecule has 2 unspecified atom stereocenters. The summed E-state index contributed by atoms with van der Waals surface area (Å²) in [4.78, 5) is 15.9. The standard InChI is InChI=1S/C14H19FN2O3/c1-8(7-18)11-5-12(10(15)6-16-11)17-14(19)13-4-3-9(2)20-13/h5-6,8-9,13,18H,3-4,7H2,1-2H3,(H,16,17,19)/t8?,9?,13-/m1/s1. The number of carbonyl (C=O) groups excluding carboxylic acids is 1. The van der Waals surface area contributed by atoms with E-state index in [2.05, 4.69) is 10.3 Å². The van der Waals surface area contributed by atoms with Gasteiger partial charge in [-0.3, -0.25) is 9.78 Å². The Morgan fingerprint density at radius 3 is 3.00 bits per heavy atom. The number of halogens is 1. The first-order valence-electron chi connectivity index (χ1n) is 6.74. The number of pyridine rings is 1. The van der Waals surface area contributed by atoms with E-state index in [9.17, 15) is 9.18 Å². The van der Waals surface area contributed by atoms with Crippen LogP contribution in [0.5, 0.6) is 0 Å². The first-order chi connectivity index (χ1) is 9.51. The first-order valence-corrected chi connectivity index (χ1v) is 6.74. The minimum Gasteiger partial charge on any atom is -0.396 e. The van der Waals surface area contributed by atoms with Gasteiger partial charge in [-0.05, 0) is 25.8 Å². The third-order valence-electron chi connectivity index (χ3n) is 3.44. The van der Waals surface area contributed by atoms with Gasteiger partial charge in [0.15, 0.2) is 5.82 Å². The molecule has 1 aliphatic heterocycles. The van der Waals surface area contributed by atoms with Gasteiger partial charge < -0.3 is 15.2 Å². The van der Waals surface area contributed by atoms with E-state index in [0.717, 1.165) is 12.6 Å². The molecule has 2 N–H and O–H groups in total. The Morgan fingerprint density at radius 2 is 2.40 bits per heavy atom. The molecule has 1 amide bonds. The van der Waals surface area contributed by atoms with E-state index in [4.69, 9.17) is 9.84 Å². The molecule has 1 aromatic rings. The summed E-state index contributed by atoms with van der Waals surface area (Å²) >= 11 is 0. The number of nitrogens with zero attached hydrogens (tertiary/aromatic N) is 1. The fraction of sp³-hybridized carbons (Fsp3) is 0.571. The summed E-state index contributed by atoms with van der Waals surface area (Å²) in [5.41, 5.74) is 0.605. The van der Waals surface area contributed by atoms with E-state index >= 15 is 0 Å². The molecule has 20 heavy (non-hydrogen) atoms. The van der Waals surface area contributed by atoms with Crippen molar-refractivity contribution in [2.45, 2.75) is 44.8 Å². The Labute approximate surface area is 117 Å². The Hall–Kier alpha value is -1.53. The second kappa shape index (κ2) is 6.28. The molecule has 0 spiro atoms. The number of nitrogens with one attached hydrogen (secondary N) is 1. The van der Waals surface area contributed by atoms with Crippen LogP contribution in [0.15, 0.2) is 12.3 Å². The van der Waals surface area contributed by atoms with Crippen molar-refractivity contribution in [3.8, 4) is 0 Å². The highest BCUT2D eigenvalue weighted by Crippen LogP contribution is 2.23. The Bertz CT molecular complexity index is 495. The zero-order valence-electron chi connectivity index (χ0n) is 11.6. The van der Waals surface area contributed by atoms with Crippen molar-refractivity contribution in [2.24, 2.45) is 0 Å². The number of aliphatic hydroxyl groups excluding tert-OH is 1. The molecule has 0 radical (unpaired) electrons. The van der Waals surface area contributed by atoms with Gasteiger partial charge in [0, 0.05) is 11.6 Å². The van der Waals surface area contributed by atoms with Gasteiger partial charge >= 0.3 is 0 Å². The third-order valence-corrected chi connectivity index (χ3v) is 3.44. The lowest BCUT2D eigenvalue weighted by Gasteiger charge is -2.14. The Kier molecular flexibility index (Phi) is 4.67. The maximum Gasteiger partial charge on any atom is 0.253 e. The van der Waals surface area contributed by atoms with Gasteiger partial charge in [0.1, 0.15) is 6.10 Å². The number of rotatable bonds is 4. The van der Waals surface area contributed by atoms with Gasteiger partial charge in [0.2, 0.25) is 0 Å². The summed E-state index contributed by atoms with van der Waals surface area (Å²) in [6.45, 7) is 3.59. The lowest BCUT2D eigenvalue weighted by atomic mass is 10.1. The highest BCUT2D eigenvalue weighted by Gasteiger charge is 2.28. The van der Waals surface area contributed by atoms with Gasteiger partial charge in [-0.25, -0.2) is 4.39 Å². The van der Waals surface area contributed by atoms with E-state index in [1.54, 1.807) is 6.92 Å². The van der Waals surface area contributed by atoms with E-state index in [1.165, 1.54) is 6.07 Å². The smallest absolute Gasteiger partial charge is 0.253 e. The topological polar surface area (TPSA) is 71.5 Å². The summed E-state index contributed by atoms with van der Waals surface area (Å²) in [6.07, 6.45) is 2.03. The quantitative estimate of drug-likeness (QED) is 0.883. The van der Waals surface area contributed by atoms with Crippen molar-refractivity contribution < 1.29 is 19.0 Å². The minimum absolute atomic E-state index is 0.0537. The highest BCUT2D eigenvalue weighted by molar-refractivity contribution is 5.94. The predicted octanol–water partition coefficient (Wildman–Crippen LogP) is 1.82. The molecule has 6 heteroatoms. The molecule has 110 valence electrons. The Balaban J connectivity index is 2.10. The summed E-state index contributed by atoms with van der Waals surface area (Å²) in [5, 5.41) is 11.6. The Morgan fingerprint density at radius 1 is 1.65 bits per heavy atom. The number of hydrogen-bond acceptors (Lipinski definition) is 4. The SMILES string of the molecule is CC1CC[C@H](C(=O)Nc2cc(C(C)CO)ncc2F)O1. The number of amides is 1. The van der Waals surface area contributed by atoms with Crippen LogP contribution in [-0.4, -0.2) is 34.8 Å². The zero-order valence-corrected chi connectivity index (χ0v) is 11.6. The molecular formula is C14H19FN2O3. The maximum absolute atomic E-state index is 13.7. The second-order valence-electron chi connectivity index (χ2n) is 5.17. The van der Waals surface area contributed by atoms with Crippen molar-refractivity contribution >= 4 is 11.6 Å². The van der Waals surface area contributed by atoms with Crippen LogP contribution in [0.1, 0.15) is 38.3 Å². The van der Waals surface area contributed by atoms with Crippen molar-refractivity contribution in [3.63, 3.8) is 0 Å². The van der Waals surface area contributed by atoms with Crippen LogP contribution >= 0.6 is 0 Å². The molecule has 2 rings (SSSR count). The average Bonchev–Trinajstić information content (AvgIpc) is 2.87. The third kappa shape index (κ3) is 3.32. The van der Waals surface area contributed by atoms with Gasteiger partial charge in [-0.1, -0.05) is 6.92 Å². The summed E-state index contributed by atoms with van der Waals surface area (Å²) in [7, 11) is 0. The molecule has 3 atom stereocenters. The highest BCUT2D eigenvalue weighted by atomic mass is 19.1. The molecule has 0 bridgehead atoms. The van der Waals surface area contributed by atoms with Gasteiger partial charge in [0.25, 0.3) is 5.91 Å². The van der Waals surface area contributed by atoms with Crippen LogP contribution in [-0.2, 0) is 9.53 Å². The van der Waals surface area contributed by atoms with Crippen LogP contribution in [0.25, 0.3) is 0 Å². The van der Waals surface area contributed by atoms with Crippen LogP contribution in [0, 0.1) is 5.82 Å². The van der Waals surface area contributed by atoms with E-state index in [1.807, 2.05) is 6.92 Å². The predicted molar refractivity (Wildman–Crippen MR) is 71.9 cm³/mol. The number of aliphatic hydroxyl groups is 1. The van der Waals surface area contributed by atoms with Crippen molar-refractivity contribution in [1.82, 2.24) is 4.98 Å². The fourth-order valence-corrected chi connectivity index (χ4v) is 2.12. The van der Waals surface area contributed by atoms with Gasteiger partial charge in [-0.15, -0.1) is 0 Å². The molecule has 2 heterocycles. The van der Waals surface area contributed by atoms with E-state index in [0.29, 0.717) is 12.1 Å². The normalized spacial score (nSPS) is 23.6. The number of carbonyl (C=O) groups is 1. The number of hydrogen-bond donors (Lipinski definition) is 2. The largest absolute Gasteiger partial charge is 0.396 e. The van der Waals surface area contributed by atoms with Gasteiger partial charge in [0.05, 0.1) is 24.6 Å². The molecule has 0 aromatic carbocycles. The molecule has 5 nitrogen and oxygen atoms in total. The monoisotopic (exact) mass is 282 g/mol. The average molecular weight is 282 g/mol. The number of ether oxygens (including phenoxy) is 1. The van der Waals surface area contributed by atoms with Crippen LogP contribution in [0.4, 0.5) is 10.1 Å². The molecule has 0 aliphatic carbocycles. The number of anilines is 1. The molecule has 1 aromatic heterocycles. The molecule has 1 saturated heterocycles. The molecule has 0 saturated carbocycles. The second-order valence-corrected chi connectivity index (χ2v) is 5.17. The zero-order chi connectivity index (χ0) is 14.7. The summed E-state index contributed by atoms with van der Waals surface area (Å²) < 4.78 is 19.1. The van der Waals surface area contributed by atoms with Crippen molar-refractivity contribution in [2.75, 3.05) is 11.9 Å². The number of aromatic nitrogens is 1. The lowest BCUT2D eigenvalue weighted by molar-refractivity contribution is -0.126. The molecular weight excluding hydrogens is 263 g/mol. The van der Waals surface area contributed by atoms with Gasteiger partial charge in [-0.2, -0.15) is 0 Å². The first kappa shape index (κ1) is 14.9. The lowest BCUT2D eigenvalue weighted by Crippen LogP contribution is -2.28. The molecule has 1 fully saturated rings. The van der Waals surface area contributed by atoms with Crippen molar-refractivity contribution in [1.29, 1.82) is 0 Å². The maximum atomic E-state index is 13.7. The van der Waals surface area contributed by atoms with Crippen LogP contribution < -0.4 is 5.32 Å². The van der Waals surface area contributed by atoms with E-state index < -0.39 is 11.9 Å². The fourth-order valence-electron chi connectivity index (χ4n) is 2.12.